The Kier molecular flexibility index (Phi) is 8.96. The molecule has 176 valence electrons. The SMILES string of the molecule is CC(=O)OCC1OC(Oc2ccc(Br)cc2F)C(CC(=O)O)C(OC(C)=O)C1OC(C)=O. The summed E-state index contributed by atoms with van der Waals surface area (Å²) in [6, 6.07) is 3.92. The smallest absolute Gasteiger partial charge is 0.304 e. The van der Waals surface area contributed by atoms with Crippen LogP contribution in [0.15, 0.2) is 22.7 Å². The summed E-state index contributed by atoms with van der Waals surface area (Å²) in [5.41, 5.74) is 0. The van der Waals surface area contributed by atoms with Crippen LogP contribution < -0.4 is 4.74 Å². The van der Waals surface area contributed by atoms with Crippen LogP contribution in [0.3, 0.4) is 0 Å². The van der Waals surface area contributed by atoms with Gasteiger partial charge in [0.25, 0.3) is 0 Å². The minimum Gasteiger partial charge on any atom is -0.481 e. The zero-order chi connectivity index (χ0) is 24.0. The molecule has 0 radical (unpaired) electrons. The van der Waals surface area contributed by atoms with E-state index in [0.29, 0.717) is 4.47 Å². The summed E-state index contributed by atoms with van der Waals surface area (Å²) in [5.74, 6) is -5.73. The van der Waals surface area contributed by atoms with Gasteiger partial charge >= 0.3 is 23.9 Å². The number of carbonyl (C=O) groups excluding carboxylic acids is 3. The number of carboxylic acids is 1. The molecule has 1 fully saturated rings. The third-order valence-electron chi connectivity index (χ3n) is 4.37. The van der Waals surface area contributed by atoms with Crippen molar-refractivity contribution >= 4 is 39.8 Å². The highest BCUT2D eigenvalue weighted by atomic mass is 79.9. The first kappa shape index (κ1) is 25.5. The molecule has 0 amide bonds. The van der Waals surface area contributed by atoms with E-state index in [-0.39, 0.29) is 5.75 Å². The van der Waals surface area contributed by atoms with Crippen LogP contribution >= 0.6 is 15.9 Å². The molecule has 1 aromatic rings. The Bertz CT molecular complexity index is 876. The van der Waals surface area contributed by atoms with Gasteiger partial charge in [0.2, 0.25) is 6.29 Å². The number of esters is 3. The highest BCUT2D eigenvalue weighted by molar-refractivity contribution is 9.10. The van der Waals surface area contributed by atoms with E-state index in [9.17, 15) is 28.7 Å². The van der Waals surface area contributed by atoms with E-state index in [1.165, 1.54) is 12.1 Å². The molecule has 0 aromatic heterocycles. The fraction of sp³-hybridized carbons (Fsp3) is 0.500. The minimum absolute atomic E-state index is 0.257. The molecule has 1 heterocycles. The molecule has 0 spiro atoms. The van der Waals surface area contributed by atoms with Crippen molar-refractivity contribution in [3.63, 3.8) is 0 Å². The molecule has 0 bridgehead atoms. The number of rotatable bonds is 8. The summed E-state index contributed by atoms with van der Waals surface area (Å²) in [7, 11) is 0. The molecular weight excluding hydrogens is 499 g/mol. The molecule has 0 aliphatic carbocycles. The Balaban J connectivity index is 2.47. The summed E-state index contributed by atoms with van der Waals surface area (Å²) < 4.78 is 41.6. The van der Waals surface area contributed by atoms with Crippen molar-refractivity contribution in [2.75, 3.05) is 6.61 Å². The molecule has 32 heavy (non-hydrogen) atoms. The molecule has 1 aromatic carbocycles. The van der Waals surface area contributed by atoms with Crippen molar-refractivity contribution in [3.05, 3.63) is 28.5 Å². The zero-order valence-corrected chi connectivity index (χ0v) is 19.0. The number of ether oxygens (including phenoxy) is 5. The molecule has 1 aliphatic heterocycles. The van der Waals surface area contributed by atoms with Gasteiger partial charge in [-0.15, -0.1) is 0 Å². The number of carboxylic acid groups (broad SMARTS) is 1. The monoisotopic (exact) mass is 520 g/mol. The Labute approximate surface area is 191 Å². The molecule has 1 saturated heterocycles. The molecule has 1 aliphatic rings. The van der Waals surface area contributed by atoms with Crippen molar-refractivity contribution in [1.82, 2.24) is 0 Å². The van der Waals surface area contributed by atoms with Gasteiger partial charge in [0, 0.05) is 25.2 Å². The average molecular weight is 521 g/mol. The third kappa shape index (κ3) is 7.16. The number of halogens is 2. The second kappa shape index (κ2) is 11.2. The maximum Gasteiger partial charge on any atom is 0.304 e. The number of benzene rings is 1. The van der Waals surface area contributed by atoms with E-state index in [2.05, 4.69) is 15.9 Å². The molecular formula is C20H22BrFO10. The first-order chi connectivity index (χ1) is 15.0. The molecule has 1 N–H and O–H groups in total. The zero-order valence-electron chi connectivity index (χ0n) is 17.4. The number of aliphatic carboxylic acids is 1. The quantitative estimate of drug-likeness (QED) is 0.401. The van der Waals surface area contributed by atoms with Gasteiger partial charge in [0.15, 0.2) is 23.8 Å². The van der Waals surface area contributed by atoms with Gasteiger partial charge < -0.3 is 28.8 Å². The second-order valence-corrected chi connectivity index (χ2v) is 7.86. The van der Waals surface area contributed by atoms with Crippen LogP contribution in [0.25, 0.3) is 0 Å². The first-order valence-corrected chi connectivity index (χ1v) is 10.2. The normalized spacial score (nSPS) is 24.8. The number of hydrogen-bond acceptors (Lipinski definition) is 9. The van der Waals surface area contributed by atoms with Crippen LogP contribution in [-0.4, -0.2) is 60.2 Å². The van der Waals surface area contributed by atoms with Crippen LogP contribution in [0.2, 0.25) is 0 Å². The van der Waals surface area contributed by atoms with Gasteiger partial charge in [0.05, 0.1) is 12.3 Å². The lowest BCUT2D eigenvalue weighted by Gasteiger charge is -2.44. The van der Waals surface area contributed by atoms with E-state index in [0.717, 1.165) is 26.8 Å². The van der Waals surface area contributed by atoms with E-state index in [1.54, 1.807) is 0 Å². The highest BCUT2D eigenvalue weighted by Gasteiger charge is 2.52. The van der Waals surface area contributed by atoms with Gasteiger partial charge in [-0.25, -0.2) is 4.39 Å². The van der Waals surface area contributed by atoms with Crippen LogP contribution in [0.4, 0.5) is 4.39 Å². The van der Waals surface area contributed by atoms with Gasteiger partial charge in [-0.1, -0.05) is 15.9 Å². The van der Waals surface area contributed by atoms with Crippen LogP contribution in [0.1, 0.15) is 27.2 Å². The fourth-order valence-corrected chi connectivity index (χ4v) is 3.53. The van der Waals surface area contributed by atoms with Crippen LogP contribution in [-0.2, 0) is 38.1 Å². The van der Waals surface area contributed by atoms with Gasteiger partial charge in [-0.05, 0) is 18.2 Å². The fourth-order valence-electron chi connectivity index (χ4n) is 3.20. The van der Waals surface area contributed by atoms with E-state index >= 15 is 0 Å². The lowest BCUT2D eigenvalue weighted by atomic mass is 9.88. The van der Waals surface area contributed by atoms with E-state index < -0.39 is 73.2 Å². The standard InChI is InChI=1S/C20H22BrFO10/c1-9(23)28-8-16-19(30-11(3)25)18(29-10(2)24)13(7-17(26)27)20(32-16)31-15-5-4-12(21)6-14(15)22/h4-6,13,16,18-20H,7-8H2,1-3H3,(H,26,27). The van der Waals surface area contributed by atoms with Crippen molar-refractivity contribution in [3.8, 4) is 5.75 Å². The Hall–Kier alpha value is -2.73. The Morgan fingerprint density at radius 3 is 2.22 bits per heavy atom. The van der Waals surface area contributed by atoms with E-state index in [1.807, 2.05) is 0 Å². The van der Waals surface area contributed by atoms with Gasteiger partial charge in [-0.3, -0.25) is 19.2 Å². The molecule has 5 atom stereocenters. The highest BCUT2D eigenvalue weighted by Crippen LogP contribution is 2.35. The Morgan fingerprint density at radius 2 is 1.69 bits per heavy atom. The maximum atomic E-state index is 14.4. The second-order valence-electron chi connectivity index (χ2n) is 6.95. The summed E-state index contributed by atoms with van der Waals surface area (Å²) in [5, 5.41) is 9.39. The van der Waals surface area contributed by atoms with Crippen molar-refractivity contribution in [2.24, 2.45) is 5.92 Å². The molecule has 5 unspecified atom stereocenters. The largest absolute Gasteiger partial charge is 0.481 e. The van der Waals surface area contributed by atoms with Crippen LogP contribution in [0.5, 0.6) is 5.75 Å². The van der Waals surface area contributed by atoms with Crippen molar-refractivity contribution < 1.29 is 52.4 Å². The van der Waals surface area contributed by atoms with Crippen molar-refractivity contribution in [1.29, 1.82) is 0 Å². The maximum absolute atomic E-state index is 14.4. The van der Waals surface area contributed by atoms with Gasteiger partial charge in [-0.2, -0.15) is 0 Å². The summed E-state index contributed by atoms with van der Waals surface area (Å²) >= 11 is 3.12. The van der Waals surface area contributed by atoms with Gasteiger partial charge in [0.1, 0.15) is 12.7 Å². The lowest BCUT2D eigenvalue weighted by Crippen LogP contribution is -2.60. The molecule has 12 heteroatoms. The van der Waals surface area contributed by atoms with E-state index in [4.69, 9.17) is 23.7 Å². The summed E-state index contributed by atoms with van der Waals surface area (Å²) in [6.45, 7) is 2.91. The molecule has 0 saturated carbocycles. The summed E-state index contributed by atoms with van der Waals surface area (Å²) in [4.78, 5) is 46.3. The third-order valence-corrected chi connectivity index (χ3v) is 4.87. The Morgan fingerprint density at radius 1 is 1.06 bits per heavy atom. The number of carbonyl (C=O) groups is 4. The number of hydrogen-bond donors (Lipinski definition) is 1. The average Bonchev–Trinajstić information content (AvgIpc) is 2.65. The van der Waals surface area contributed by atoms with Crippen LogP contribution in [0, 0.1) is 11.7 Å². The summed E-state index contributed by atoms with van der Waals surface area (Å²) in [6.07, 6.45) is -5.92. The predicted octanol–water partition coefficient (Wildman–Crippen LogP) is 2.21. The topological polar surface area (TPSA) is 135 Å². The minimum atomic E-state index is -1.45. The van der Waals surface area contributed by atoms with Crippen molar-refractivity contribution in [2.45, 2.75) is 51.8 Å². The predicted molar refractivity (Wildman–Crippen MR) is 107 cm³/mol. The molecule has 10 nitrogen and oxygen atoms in total. The lowest BCUT2D eigenvalue weighted by molar-refractivity contribution is -0.271. The molecule has 2 rings (SSSR count). The first-order valence-electron chi connectivity index (χ1n) is 9.44.